The van der Waals surface area contributed by atoms with Gasteiger partial charge in [0.05, 0.1) is 5.56 Å². The van der Waals surface area contributed by atoms with Gasteiger partial charge in [0.15, 0.2) is 5.84 Å². The summed E-state index contributed by atoms with van der Waals surface area (Å²) in [7, 11) is 0. The van der Waals surface area contributed by atoms with Crippen LogP contribution in [0.4, 0.5) is 0 Å². The third-order valence-electron chi connectivity index (χ3n) is 3.05. The first-order chi connectivity index (χ1) is 9.13. The zero-order valence-corrected chi connectivity index (χ0v) is 10.9. The van der Waals surface area contributed by atoms with Crippen molar-refractivity contribution in [2.24, 2.45) is 10.9 Å². The van der Waals surface area contributed by atoms with Gasteiger partial charge < -0.3 is 15.7 Å². The Bertz CT molecular complexity index is 621. The van der Waals surface area contributed by atoms with E-state index < -0.39 is 0 Å². The summed E-state index contributed by atoms with van der Waals surface area (Å²) in [4.78, 5) is 0. The molecule has 0 aliphatic rings. The molecule has 19 heavy (non-hydrogen) atoms. The number of para-hydroxylation sites is 1. The molecule has 0 radical (unpaired) electrons. The molecule has 0 saturated carbocycles. The molecule has 0 aliphatic heterocycles. The van der Waals surface area contributed by atoms with Gasteiger partial charge in [0.1, 0.15) is 11.5 Å². The van der Waals surface area contributed by atoms with E-state index in [0.717, 1.165) is 16.9 Å². The number of ether oxygens (including phenoxy) is 1. The summed E-state index contributed by atoms with van der Waals surface area (Å²) in [6, 6.07) is 13.0. The van der Waals surface area contributed by atoms with Gasteiger partial charge in [-0.05, 0) is 43.2 Å². The molecule has 2 rings (SSSR count). The third-order valence-corrected chi connectivity index (χ3v) is 3.05. The number of hydrogen-bond donors (Lipinski definition) is 2. The molecule has 0 fully saturated rings. The smallest absolute Gasteiger partial charge is 0.173 e. The molecule has 0 amide bonds. The number of hydrogen-bond acceptors (Lipinski definition) is 3. The highest BCUT2D eigenvalue weighted by atomic mass is 16.5. The van der Waals surface area contributed by atoms with Crippen LogP contribution in [0.15, 0.2) is 47.6 Å². The first-order valence-corrected chi connectivity index (χ1v) is 5.94. The Labute approximate surface area is 112 Å². The fraction of sp³-hybridized carbons (Fsp3) is 0.133. The zero-order chi connectivity index (χ0) is 13.8. The SMILES string of the molecule is Cc1cccc(Oc2ccccc2/C(N)=N/O)c1C. The van der Waals surface area contributed by atoms with Crippen LogP contribution in [0, 0.1) is 13.8 Å². The largest absolute Gasteiger partial charge is 0.456 e. The molecule has 0 heterocycles. The number of amidine groups is 1. The molecule has 0 aliphatic carbocycles. The first kappa shape index (κ1) is 13.0. The van der Waals surface area contributed by atoms with E-state index in [1.165, 1.54) is 0 Å². The number of nitrogens with two attached hydrogens (primary N) is 1. The average Bonchev–Trinajstić information content (AvgIpc) is 2.43. The molecule has 4 heteroatoms. The topological polar surface area (TPSA) is 67.8 Å². The second-order valence-electron chi connectivity index (χ2n) is 4.28. The lowest BCUT2D eigenvalue weighted by Gasteiger charge is -2.13. The van der Waals surface area contributed by atoms with Gasteiger partial charge in [0.2, 0.25) is 0 Å². The van der Waals surface area contributed by atoms with E-state index in [2.05, 4.69) is 5.16 Å². The van der Waals surface area contributed by atoms with Crippen molar-refractivity contribution in [1.29, 1.82) is 0 Å². The standard InChI is InChI=1S/C15H16N2O2/c1-10-6-5-9-13(11(10)2)19-14-8-4-3-7-12(14)15(16)17-18/h3-9,18H,1-2H3,(H2,16,17). The summed E-state index contributed by atoms with van der Waals surface area (Å²) in [5.74, 6) is 1.35. The quantitative estimate of drug-likeness (QED) is 0.383. The number of oxime groups is 1. The molecule has 0 unspecified atom stereocenters. The lowest BCUT2D eigenvalue weighted by Crippen LogP contribution is -2.14. The lowest BCUT2D eigenvalue weighted by molar-refractivity contribution is 0.318. The maximum Gasteiger partial charge on any atom is 0.173 e. The Morgan fingerprint density at radius 3 is 2.47 bits per heavy atom. The fourth-order valence-electron chi connectivity index (χ4n) is 1.77. The van der Waals surface area contributed by atoms with Crippen molar-refractivity contribution in [2.45, 2.75) is 13.8 Å². The van der Waals surface area contributed by atoms with Crippen LogP contribution in [0.3, 0.4) is 0 Å². The average molecular weight is 256 g/mol. The number of rotatable bonds is 3. The van der Waals surface area contributed by atoms with Crippen LogP contribution < -0.4 is 10.5 Å². The molecular weight excluding hydrogens is 240 g/mol. The third kappa shape index (κ3) is 2.68. The van der Waals surface area contributed by atoms with Crippen molar-refractivity contribution >= 4 is 5.84 Å². The Morgan fingerprint density at radius 2 is 1.74 bits per heavy atom. The van der Waals surface area contributed by atoms with Crippen LogP contribution in [0.5, 0.6) is 11.5 Å². The second-order valence-corrected chi connectivity index (χ2v) is 4.28. The van der Waals surface area contributed by atoms with E-state index in [1.54, 1.807) is 12.1 Å². The van der Waals surface area contributed by atoms with E-state index in [9.17, 15) is 0 Å². The van der Waals surface area contributed by atoms with E-state index in [4.69, 9.17) is 15.7 Å². The van der Waals surface area contributed by atoms with Crippen molar-refractivity contribution in [2.75, 3.05) is 0 Å². The summed E-state index contributed by atoms with van der Waals surface area (Å²) in [6.07, 6.45) is 0. The highest BCUT2D eigenvalue weighted by Gasteiger charge is 2.10. The molecule has 0 saturated heterocycles. The minimum Gasteiger partial charge on any atom is -0.456 e. The summed E-state index contributed by atoms with van der Waals surface area (Å²) in [6.45, 7) is 4.02. The van der Waals surface area contributed by atoms with Gasteiger partial charge in [-0.15, -0.1) is 0 Å². The van der Waals surface area contributed by atoms with Crippen LogP contribution in [0.25, 0.3) is 0 Å². The van der Waals surface area contributed by atoms with Gasteiger partial charge in [-0.2, -0.15) is 0 Å². The summed E-state index contributed by atoms with van der Waals surface area (Å²) < 4.78 is 5.87. The Hall–Kier alpha value is -2.49. The van der Waals surface area contributed by atoms with Gasteiger partial charge in [0.25, 0.3) is 0 Å². The molecule has 2 aromatic carbocycles. The highest BCUT2D eigenvalue weighted by molar-refractivity contribution is 5.99. The normalized spacial score (nSPS) is 11.4. The molecule has 0 spiro atoms. The molecular formula is C15H16N2O2. The predicted molar refractivity (Wildman–Crippen MR) is 74.9 cm³/mol. The predicted octanol–water partition coefficient (Wildman–Crippen LogP) is 3.19. The minimum absolute atomic E-state index is 0.0286. The maximum atomic E-state index is 8.78. The number of nitrogens with zero attached hydrogens (tertiary/aromatic N) is 1. The lowest BCUT2D eigenvalue weighted by atomic mass is 10.1. The maximum absolute atomic E-state index is 8.78. The Kier molecular flexibility index (Phi) is 3.71. The van der Waals surface area contributed by atoms with Crippen molar-refractivity contribution in [1.82, 2.24) is 0 Å². The monoisotopic (exact) mass is 256 g/mol. The van der Waals surface area contributed by atoms with Crippen LogP contribution in [0.1, 0.15) is 16.7 Å². The first-order valence-electron chi connectivity index (χ1n) is 5.94. The van der Waals surface area contributed by atoms with E-state index >= 15 is 0 Å². The second kappa shape index (κ2) is 5.44. The Morgan fingerprint density at radius 1 is 1.05 bits per heavy atom. The molecule has 0 bridgehead atoms. The summed E-state index contributed by atoms with van der Waals surface area (Å²) >= 11 is 0. The summed E-state index contributed by atoms with van der Waals surface area (Å²) in [5.41, 5.74) is 8.42. The van der Waals surface area contributed by atoms with Crippen molar-refractivity contribution in [3.63, 3.8) is 0 Å². The van der Waals surface area contributed by atoms with Gasteiger partial charge in [-0.25, -0.2) is 0 Å². The molecule has 0 atom stereocenters. The van der Waals surface area contributed by atoms with Crippen molar-refractivity contribution in [3.8, 4) is 11.5 Å². The van der Waals surface area contributed by atoms with Gasteiger partial charge in [0, 0.05) is 0 Å². The zero-order valence-electron chi connectivity index (χ0n) is 10.9. The van der Waals surface area contributed by atoms with E-state index in [-0.39, 0.29) is 5.84 Å². The molecule has 0 aromatic heterocycles. The van der Waals surface area contributed by atoms with Crippen LogP contribution in [-0.2, 0) is 0 Å². The van der Waals surface area contributed by atoms with Gasteiger partial charge >= 0.3 is 0 Å². The molecule has 3 N–H and O–H groups in total. The molecule has 98 valence electrons. The summed E-state index contributed by atoms with van der Waals surface area (Å²) in [5, 5.41) is 11.8. The van der Waals surface area contributed by atoms with E-state index in [1.807, 2.05) is 44.2 Å². The van der Waals surface area contributed by atoms with E-state index in [0.29, 0.717) is 11.3 Å². The highest BCUT2D eigenvalue weighted by Crippen LogP contribution is 2.29. The van der Waals surface area contributed by atoms with Gasteiger partial charge in [-0.1, -0.05) is 29.4 Å². The number of benzene rings is 2. The minimum atomic E-state index is 0.0286. The van der Waals surface area contributed by atoms with Crippen LogP contribution in [-0.4, -0.2) is 11.0 Å². The van der Waals surface area contributed by atoms with Crippen molar-refractivity contribution < 1.29 is 9.94 Å². The van der Waals surface area contributed by atoms with Crippen molar-refractivity contribution in [3.05, 3.63) is 59.2 Å². The molecule has 2 aromatic rings. The Balaban J connectivity index is 2.42. The van der Waals surface area contributed by atoms with Gasteiger partial charge in [-0.3, -0.25) is 0 Å². The molecule has 4 nitrogen and oxygen atoms in total. The van der Waals surface area contributed by atoms with Crippen LogP contribution in [0.2, 0.25) is 0 Å². The van der Waals surface area contributed by atoms with Crippen LogP contribution >= 0.6 is 0 Å². The number of aryl methyl sites for hydroxylation is 1. The fourth-order valence-corrected chi connectivity index (χ4v) is 1.77.